The van der Waals surface area contributed by atoms with E-state index in [1.54, 1.807) is 12.1 Å². The van der Waals surface area contributed by atoms with Crippen molar-refractivity contribution in [2.24, 2.45) is 5.10 Å². The van der Waals surface area contributed by atoms with Gasteiger partial charge in [-0.15, -0.1) is 0 Å². The average Bonchev–Trinajstić information content (AvgIpc) is 2.78. The highest BCUT2D eigenvalue weighted by Crippen LogP contribution is 2.35. The summed E-state index contributed by atoms with van der Waals surface area (Å²) in [6, 6.07) is 17.1. The highest BCUT2D eigenvalue weighted by atomic mass is 79.9. The third kappa shape index (κ3) is 5.92. The van der Waals surface area contributed by atoms with Crippen LogP contribution < -0.4 is 14.9 Å². The molecule has 0 unspecified atom stereocenters. The van der Waals surface area contributed by atoms with Crippen molar-refractivity contribution in [3.63, 3.8) is 0 Å². The zero-order valence-electron chi connectivity index (χ0n) is 16.7. The van der Waals surface area contributed by atoms with Gasteiger partial charge in [-0.25, -0.2) is 5.43 Å². The second kappa shape index (κ2) is 10.9. The number of amides is 1. The van der Waals surface area contributed by atoms with E-state index in [1.165, 1.54) is 25.5 Å². The summed E-state index contributed by atoms with van der Waals surface area (Å²) in [7, 11) is 1.37. The van der Waals surface area contributed by atoms with Crippen LogP contribution in [-0.4, -0.2) is 24.2 Å². The van der Waals surface area contributed by atoms with E-state index in [0.717, 1.165) is 11.6 Å². The Balaban J connectivity index is 1.70. The summed E-state index contributed by atoms with van der Waals surface area (Å²) in [4.78, 5) is 22.8. The molecule has 8 nitrogen and oxygen atoms in total. The zero-order valence-corrected chi connectivity index (χ0v) is 19.9. The summed E-state index contributed by atoms with van der Waals surface area (Å²) in [5.41, 5.74) is 3.86. The molecule has 3 aromatic carbocycles. The van der Waals surface area contributed by atoms with Crippen LogP contribution in [0.25, 0.3) is 0 Å². The summed E-state index contributed by atoms with van der Waals surface area (Å²) >= 11 is 6.97. The number of hydrazone groups is 1. The molecule has 0 saturated carbocycles. The van der Waals surface area contributed by atoms with Gasteiger partial charge in [-0.05, 0) is 61.2 Å². The molecule has 0 aromatic heterocycles. The van der Waals surface area contributed by atoms with E-state index in [1.807, 2.05) is 30.3 Å². The lowest BCUT2D eigenvalue weighted by Gasteiger charge is -2.11. The van der Waals surface area contributed by atoms with Crippen LogP contribution in [-0.2, 0) is 6.61 Å². The fraction of sp³-hybridized carbons (Fsp3) is 0.0909. The molecule has 0 fully saturated rings. The molecule has 0 atom stereocenters. The van der Waals surface area contributed by atoms with Gasteiger partial charge in [-0.3, -0.25) is 14.9 Å². The summed E-state index contributed by atoms with van der Waals surface area (Å²) in [6.07, 6.45) is 1.44. The van der Waals surface area contributed by atoms with Crippen molar-refractivity contribution in [3.05, 3.63) is 96.4 Å². The fourth-order valence-corrected chi connectivity index (χ4v) is 4.19. The van der Waals surface area contributed by atoms with Gasteiger partial charge in [-0.1, -0.05) is 30.3 Å². The third-order valence-electron chi connectivity index (χ3n) is 4.26. The van der Waals surface area contributed by atoms with E-state index in [9.17, 15) is 14.9 Å². The molecule has 0 aliphatic rings. The lowest BCUT2D eigenvalue weighted by atomic mass is 10.1. The Morgan fingerprint density at radius 3 is 2.44 bits per heavy atom. The van der Waals surface area contributed by atoms with Crippen LogP contribution in [0.3, 0.4) is 0 Å². The van der Waals surface area contributed by atoms with Crippen LogP contribution in [0, 0.1) is 10.1 Å². The molecule has 0 aliphatic carbocycles. The van der Waals surface area contributed by atoms with E-state index in [2.05, 4.69) is 42.4 Å². The maximum atomic E-state index is 12.4. The minimum Gasteiger partial charge on any atom is -0.496 e. The minimum absolute atomic E-state index is 0.00544. The number of nitro benzene ring substituents is 1. The fourth-order valence-electron chi connectivity index (χ4n) is 2.73. The normalized spacial score (nSPS) is 10.7. The number of nitro groups is 1. The van der Waals surface area contributed by atoms with Crippen molar-refractivity contribution in [3.8, 4) is 11.5 Å². The third-order valence-corrected chi connectivity index (χ3v) is 5.44. The number of carbonyl (C=O) groups excluding carboxylic acids is 1. The van der Waals surface area contributed by atoms with Gasteiger partial charge in [0.2, 0.25) is 0 Å². The molecule has 0 saturated heterocycles. The summed E-state index contributed by atoms with van der Waals surface area (Å²) in [5, 5.41) is 14.9. The predicted octanol–water partition coefficient (Wildman–Crippen LogP) is 5.47. The van der Waals surface area contributed by atoms with Crippen molar-refractivity contribution < 1.29 is 19.2 Å². The number of rotatable bonds is 8. The van der Waals surface area contributed by atoms with Crippen LogP contribution in [0.15, 0.2) is 74.7 Å². The summed E-state index contributed by atoms with van der Waals surface area (Å²) in [5.74, 6) is 0.202. The number of ether oxygens (including phenoxy) is 2. The molecule has 3 aromatic rings. The lowest BCUT2D eigenvalue weighted by Crippen LogP contribution is -2.18. The van der Waals surface area contributed by atoms with Gasteiger partial charge in [0.05, 0.1) is 32.8 Å². The Labute approximate surface area is 200 Å². The maximum absolute atomic E-state index is 12.4. The number of nitrogens with zero attached hydrogens (tertiary/aromatic N) is 2. The molecule has 32 heavy (non-hydrogen) atoms. The number of halogens is 2. The van der Waals surface area contributed by atoms with Crippen LogP contribution in [0.1, 0.15) is 21.5 Å². The van der Waals surface area contributed by atoms with Gasteiger partial charge in [-0.2, -0.15) is 5.10 Å². The Hall–Kier alpha value is -3.24. The van der Waals surface area contributed by atoms with E-state index < -0.39 is 10.8 Å². The number of carbonyl (C=O) groups is 1. The zero-order chi connectivity index (χ0) is 23.1. The molecule has 1 amide bonds. The first-order valence-corrected chi connectivity index (χ1v) is 10.8. The number of nitrogens with one attached hydrogen (secondary N) is 1. The van der Waals surface area contributed by atoms with Crippen molar-refractivity contribution in [1.82, 2.24) is 5.43 Å². The van der Waals surface area contributed by atoms with E-state index >= 15 is 0 Å². The predicted molar refractivity (Wildman–Crippen MR) is 127 cm³/mol. The molecule has 10 heteroatoms. The maximum Gasteiger partial charge on any atom is 0.275 e. The molecular weight excluding hydrogens is 546 g/mol. The lowest BCUT2D eigenvalue weighted by molar-refractivity contribution is -0.384. The Morgan fingerprint density at radius 1 is 1.12 bits per heavy atom. The second-order valence-electron chi connectivity index (χ2n) is 6.43. The van der Waals surface area contributed by atoms with Crippen LogP contribution >= 0.6 is 31.9 Å². The Kier molecular flexibility index (Phi) is 7.96. The number of hydrogen-bond donors (Lipinski definition) is 1. The van der Waals surface area contributed by atoms with Gasteiger partial charge < -0.3 is 9.47 Å². The molecule has 0 spiro atoms. The summed E-state index contributed by atoms with van der Waals surface area (Å²) in [6.45, 7) is 0.409. The van der Waals surface area contributed by atoms with E-state index in [0.29, 0.717) is 26.9 Å². The number of hydrogen-bond acceptors (Lipinski definition) is 6. The molecule has 0 radical (unpaired) electrons. The first kappa shape index (κ1) is 23.4. The quantitative estimate of drug-likeness (QED) is 0.223. The largest absolute Gasteiger partial charge is 0.496 e. The van der Waals surface area contributed by atoms with Gasteiger partial charge in [0.25, 0.3) is 11.6 Å². The second-order valence-corrected chi connectivity index (χ2v) is 8.14. The van der Waals surface area contributed by atoms with Crippen molar-refractivity contribution in [2.45, 2.75) is 6.61 Å². The molecule has 1 N–H and O–H groups in total. The number of benzene rings is 3. The molecule has 3 rings (SSSR count). The standard InChI is InChI=1S/C22H17Br2N3O5/c1-31-20-8-7-16(27(29)30)11-17(20)22(28)26-25-12-15-9-18(23)21(19(24)10-15)32-13-14-5-3-2-4-6-14/h2-12H,13H2,1H3,(H,26,28)/b25-12-. The van der Waals surface area contributed by atoms with Gasteiger partial charge >= 0.3 is 0 Å². The Morgan fingerprint density at radius 2 is 1.81 bits per heavy atom. The van der Waals surface area contributed by atoms with Crippen LogP contribution in [0.2, 0.25) is 0 Å². The molecule has 164 valence electrons. The van der Waals surface area contributed by atoms with Crippen molar-refractivity contribution in [1.29, 1.82) is 0 Å². The van der Waals surface area contributed by atoms with Gasteiger partial charge in [0, 0.05) is 12.1 Å². The number of methoxy groups -OCH3 is 1. The Bertz CT molecular complexity index is 1150. The molecule has 0 heterocycles. The van der Waals surface area contributed by atoms with Crippen molar-refractivity contribution in [2.75, 3.05) is 7.11 Å². The van der Waals surface area contributed by atoms with E-state index in [4.69, 9.17) is 9.47 Å². The molecular formula is C22H17Br2N3O5. The summed E-state index contributed by atoms with van der Waals surface area (Å²) < 4.78 is 12.4. The van der Waals surface area contributed by atoms with Crippen molar-refractivity contribution >= 4 is 49.7 Å². The minimum atomic E-state index is -0.636. The number of non-ortho nitro benzene ring substituents is 1. The van der Waals surface area contributed by atoms with Gasteiger partial charge in [0.1, 0.15) is 18.1 Å². The van der Waals surface area contributed by atoms with Crippen LogP contribution in [0.5, 0.6) is 11.5 Å². The monoisotopic (exact) mass is 561 g/mol. The van der Waals surface area contributed by atoms with Crippen LogP contribution in [0.4, 0.5) is 5.69 Å². The first-order valence-electron chi connectivity index (χ1n) is 9.20. The van der Waals surface area contributed by atoms with E-state index in [-0.39, 0.29) is 17.0 Å². The topological polar surface area (TPSA) is 103 Å². The highest BCUT2D eigenvalue weighted by Gasteiger charge is 2.17. The molecule has 0 bridgehead atoms. The highest BCUT2D eigenvalue weighted by molar-refractivity contribution is 9.11. The smallest absolute Gasteiger partial charge is 0.275 e. The SMILES string of the molecule is COc1ccc([N+](=O)[O-])cc1C(=O)N/N=C\c1cc(Br)c(OCc2ccccc2)c(Br)c1. The molecule has 0 aliphatic heterocycles. The first-order chi connectivity index (χ1) is 15.4. The van der Waals surface area contributed by atoms with Gasteiger partial charge in [0.15, 0.2) is 0 Å². The average molecular weight is 563 g/mol.